The summed E-state index contributed by atoms with van der Waals surface area (Å²) in [7, 11) is -0.278. The molecule has 0 aliphatic heterocycles. The number of methoxy groups -OCH3 is 1. The first-order valence-electron chi connectivity index (χ1n) is 8.18. The lowest BCUT2D eigenvalue weighted by molar-refractivity contribution is -0.121. The molecule has 1 unspecified atom stereocenters. The van der Waals surface area contributed by atoms with Crippen LogP contribution in [-0.4, -0.2) is 40.8 Å². The summed E-state index contributed by atoms with van der Waals surface area (Å²) in [5.41, 5.74) is 2.20. The Morgan fingerprint density at radius 3 is 2.62 bits per heavy atom. The van der Waals surface area contributed by atoms with Gasteiger partial charge in [-0.3, -0.25) is 4.79 Å². The molecule has 2 rings (SSSR count). The summed E-state index contributed by atoms with van der Waals surface area (Å²) in [6, 6.07) is 6.05. The van der Waals surface area contributed by atoms with Gasteiger partial charge in [0.05, 0.1) is 12.9 Å². The van der Waals surface area contributed by atoms with E-state index < -0.39 is 10.0 Å². The topological polar surface area (TPSA) is 84.5 Å². The van der Waals surface area contributed by atoms with Crippen LogP contribution >= 0.6 is 0 Å². The normalized spacial score (nSPS) is 15.8. The lowest BCUT2D eigenvalue weighted by atomic mass is 9.89. The fraction of sp³-hybridized carbons (Fsp3) is 0.588. The van der Waals surface area contributed by atoms with Gasteiger partial charge in [0.1, 0.15) is 5.75 Å². The molecule has 1 aliphatic carbocycles. The van der Waals surface area contributed by atoms with Gasteiger partial charge in [0.25, 0.3) is 0 Å². The summed E-state index contributed by atoms with van der Waals surface area (Å²) in [4.78, 5) is 12.2. The lowest BCUT2D eigenvalue weighted by Gasteiger charge is -2.18. The Bertz CT molecular complexity index is 684. The SMILES string of the molecule is CNS(=O)(=O)CCNC(=O)CC(c1ccc(OC)c(C)c1)C1CC1. The van der Waals surface area contributed by atoms with E-state index in [1.54, 1.807) is 7.11 Å². The summed E-state index contributed by atoms with van der Waals surface area (Å²) in [5, 5.41) is 2.71. The number of carbonyl (C=O) groups excluding carboxylic acids is 1. The second-order valence-corrected chi connectivity index (χ2v) is 8.30. The summed E-state index contributed by atoms with van der Waals surface area (Å²) < 4.78 is 30.3. The van der Waals surface area contributed by atoms with E-state index in [2.05, 4.69) is 16.1 Å². The minimum atomic E-state index is -3.29. The van der Waals surface area contributed by atoms with E-state index in [-0.39, 0.29) is 24.1 Å². The van der Waals surface area contributed by atoms with E-state index in [0.29, 0.717) is 12.3 Å². The molecule has 1 amide bonds. The number of aryl methyl sites for hydroxylation is 1. The number of amides is 1. The van der Waals surface area contributed by atoms with E-state index >= 15 is 0 Å². The fourth-order valence-electron chi connectivity index (χ4n) is 2.89. The fourth-order valence-corrected chi connectivity index (χ4v) is 3.46. The first-order valence-corrected chi connectivity index (χ1v) is 9.84. The van der Waals surface area contributed by atoms with Crippen LogP contribution in [0.25, 0.3) is 0 Å². The highest BCUT2D eigenvalue weighted by Crippen LogP contribution is 2.45. The van der Waals surface area contributed by atoms with Crippen LogP contribution in [0.5, 0.6) is 5.75 Å². The zero-order valence-corrected chi connectivity index (χ0v) is 15.3. The van der Waals surface area contributed by atoms with Gasteiger partial charge in [-0.2, -0.15) is 0 Å². The van der Waals surface area contributed by atoms with Gasteiger partial charge in [0.2, 0.25) is 15.9 Å². The Kier molecular flexibility index (Phi) is 6.23. The molecule has 1 saturated carbocycles. The number of carbonyl (C=O) groups is 1. The molecule has 24 heavy (non-hydrogen) atoms. The minimum absolute atomic E-state index is 0.105. The van der Waals surface area contributed by atoms with Crippen LogP contribution < -0.4 is 14.8 Å². The Balaban J connectivity index is 1.96. The first-order chi connectivity index (χ1) is 11.4. The molecule has 0 saturated heterocycles. The van der Waals surface area contributed by atoms with Crippen molar-refractivity contribution >= 4 is 15.9 Å². The second-order valence-electron chi connectivity index (χ2n) is 6.25. The lowest BCUT2D eigenvalue weighted by Crippen LogP contribution is -2.33. The number of hydrogen-bond acceptors (Lipinski definition) is 4. The zero-order chi connectivity index (χ0) is 17.7. The Morgan fingerprint density at radius 2 is 2.08 bits per heavy atom. The van der Waals surface area contributed by atoms with Gasteiger partial charge in [0.15, 0.2) is 0 Å². The predicted octanol–water partition coefficient (Wildman–Crippen LogP) is 1.55. The van der Waals surface area contributed by atoms with Crippen molar-refractivity contribution in [1.29, 1.82) is 0 Å². The molecule has 1 aromatic rings. The van der Waals surface area contributed by atoms with Crippen LogP contribution in [0.1, 0.15) is 36.3 Å². The van der Waals surface area contributed by atoms with Crippen molar-refractivity contribution in [2.24, 2.45) is 5.92 Å². The van der Waals surface area contributed by atoms with Gasteiger partial charge in [-0.15, -0.1) is 0 Å². The smallest absolute Gasteiger partial charge is 0.220 e. The average molecular weight is 354 g/mol. The molecule has 1 atom stereocenters. The number of rotatable bonds is 9. The maximum atomic E-state index is 12.2. The van der Waals surface area contributed by atoms with Crippen molar-refractivity contribution in [2.45, 2.75) is 32.1 Å². The van der Waals surface area contributed by atoms with Gasteiger partial charge in [-0.1, -0.05) is 12.1 Å². The van der Waals surface area contributed by atoms with Crippen molar-refractivity contribution in [3.63, 3.8) is 0 Å². The van der Waals surface area contributed by atoms with Crippen LogP contribution in [0.4, 0.5) is 0 Å². The average Bonchev–Trinajstić information content (AvgIpc) is 3.37. The predicted molar refractivity (Wildman–Crippen MR) is 93.7 cm³/mol. The Labute approximate surface area is 144 Å². The van der Waals surface area contributed by atoms with Gasteiger partial charge >= 0.3 is 0 Å². The summed E-state index contributed by atoms with van der Waals surface area (Å²) in [5.74, 6) is 1.34. The molecule has 1 aromatic carbocycles. The van der Waals surface area contributed by atoms with E-state index in [1.807, 2.05) is 19.1 Å². The molecule has 1 aliphatic rings. The third-order valence-electron chi connectivity index (χ3n) is 4.45. The molecule has 2 N–H and O–H groups in total. The highest BCUT2D eigenvalue weighted by Gasteiger charge is 2.33. The van der Waals surface area contributed by atoms with E-state index in [9.17, 15) is 13.2 Å². The van der Waals surface area contributed by atoms with Crippen LogP contribution in [0, 0.1) is 12.8 Å². The number of nitrogens with one attached hydrogen (secondary N) is 2. The van der Waals surface area contributed by atoms with Crippen LogP contribution in [0.2, 0.25) is 0 Å². The van der Waals surface area contributed by atoms with E-state index in [0.717, 1.165) is 29.7 Å². The quantitative estimate of drug-likeness (QED) is 0.705. The maximum Gasteiger partial charge on any atom is 0.220 e. The zero-order valence-electron chi connectivity index (χ0n) is 14.5. The van der Waals surface area contributed by atoms with Gasteiger partial charge in [-0.25, -0.2) is 13.1 Å². The van der Waals surface area contributed by atoms with E-state index in [4.69, 9.17) is 4.74 Å². The number of hydrogen-bond donors (Lipinski definition) is 2. The molecule has 7 heteroatoms. The molecule has 0 radical (unpaired) electrons. The standard InChI is InChI=1S/C17H26N2O4S/c1-12-10-14(6-7-16(12)23-3)15(13-4-5-13)11-17(20)19-8-9-24(21,22)18-2/h6-7,10,13,15,18H,4-5,8-9,11H2,1-3H3,(H,19,20). The van der Waals surface area contributed by atoms with Crippen molar-refractivity contribution in [1.82, 2.24) is 10.0 Å². The molecule has 6 nitrogen and oxygen atoms in total. The highest BCUT2D eigenvalue weighted by molar-refractivity contribution is 7.89. The van der Waals surface area contributed by atoms with Crippen molar-refractivity contribution < 1.29 is 17.9 Å². The summed E-state index contributed by atoms with van der Waals surface area (Å²) in [6.07, 6.45) is 2.66. The van der Waals surface area contributed by atoms with Crippen LogP contribution in [-0.2, 0) is 14.8 Å². The molecule has 0 bridgehead atoms. The van der Waals surface area contributed by atoms with Crippen molar-refractivity contribution in [3.8, 4) is 5.75 Å². The minimum Gasteiger partial charge on any atom is -0.496 e. The Morgan fingerprint density at radius 1 is 1.38 bits per heavy atom. The molecule has 134 valence electrons. The molecule has 0 aromatic heterocycles. The molecule has 1 fully saturated rings. The first kappa shape index (κ1) is 18.7. The van der Waals surface area contributed by atoms with Crippen LogP contribution in [0.15, 0.2) is 18.2 Å². The molecular weight excluding hydrogens is 328 g/mol. The van der Waals surface area contributed by atoms with Gasteiger partial charge in [-0.05, 0) is 55.8 Å². The third-order valence-corrected chi connectivity index (χ3v) is 5.81. The van der Waals surface area contributed by atoms with E-state index in [1.165, 1.54) is 7.05 Å². The third kappa shape index (κ3) is 5.21. The maximum absolute atomic E-state index is 12.2. The number of benzene rings is 1. The summed E-state index contributed by atoms with van der Waals surface area (Å²) >= 11 is 0. The molecule has 0 spiro atoms. The Hall–Kier alpha value is -1.60. The highest BCUT2D eigenvalue weighted by atomic mass is 32.2. The van der Waals surface area contributed by atoms with Crippen molar-refractivity contribution in [2.75, 3.05) is 26.5 Å². The largest absolute Gasteiger partial charge is 0.496 e. The molecule has 0 heterocycles. The summed E-state index contributed by atoms with van der Waals surface area (Å²) in [6.45, 7) is 2.12. The van der Waals surface area contributed by atoms with Crippen molar-refractivity contribution in [3.05, 3.63) is 29.3 Å². The number of sulfonamides is 1. The second kappa shape index (κ2) is 7.98. The van der Waals surface area contributed by atoms with Gasteiger partial charge in [0, 0.05) is 13.0 Å². The monoisotopic (exact) mass is 354 g/mol. The van der Waals surface area contributed by atoms with Gasteiger partial charge < -0.3 is 10.1 Å². The van der Waals surface area contributed by atoms with Crippen LogP contribution in [0.3, 0.4) is 0 Å². The molecular formula is C17H26N2O4S. The number of ether oxygens (including phenoxy) is 1.